The van der Waals surface area contributed by atoms with E-state index in [1.54, 1.807) is 6.92 Å². The van der Waals surface area contributed by atoms with Crippen LogP contribution in [0, 0.1) is 0 Å². The molecule has 4 atom stereocenters. The molecule has 5 nitrogen and oxygen atoms in total. The molecule has 0 aliphatic carbocycles. The Balaban J connectivity index is 4.17. The second-order valence-electron chi connectivity index (χ2n) is 3.15. The molecular weight excluding hydrogens is 188 g/mol. The molecule has 0 fully saturated rings. The van der Waals surface area contributed by atoms with Crippen LogP contribution in [-0.4, -0.2) is 62.6 Å². The number of rotatable bonds is 7. The molecule has 0 rings (SSSR count). The van der Waals surface area contributed by atoms with Crippen LogP contribution >= 0.6 is 0 Å². The molecular formula is C9H20O5. The van der Waals surface area contributed by atoms with Crippen LogP contribution in [0.2, 0.25) is 0 Å². The van der Waals surface area contributed by atoms with Crippen LogP contribution in [0.4, 0.5) is 0 Å². The van der Waals surface area contributed by atoms with Crippen LogP contribution in [0.3, 0.4) is 0 Å². The van der Waals surface area contributed by atoms with Crippen LogP contribution in [0.1, 0.15) is 6.92 Å². The summed E-state index contributed by atoms with van der Waals surface area (Å²) in [6.07, 6.45) is -3.00. The van der Waals surface area contributed by atoms with Gasteiger partial charge in [-0.25, -0.2) is 0 Å². The zero-order valence-corrected chi connectivity index (χ0v) is 9.14. The monoisotopic (exact) mass is 208 g/mol. The predicted octanol–water partition coefficient (Wildman–Crippen LogP) is -0.596. The molecule has 0 amide bonds. The number of methoxy groups -OCH3 is 3. The van der Waals surface area contributed by atoms with Gasteiger partial charge < -0.3 is 24.4 Å². The smallest absolute Gasteiger partial charge is 0.111 e. The molecule has 5 heteroatoms. The summed E-state index contributed by atoms with van der Waals surface area (Å²) < 4.78 is 14.7. The van der Waals surface area contributed by atoms with Crippen LogP contribution in [0.15, 0.2) is 0 Å². The molecule has 0 saturated heterocycles. The van der Waals surface area contributed by atoms with E-state index >= 15 is 0 Å². The van der Waals surface area contributed by atoms with Gasteiger partial charge in [0.1, 0.15) is 18.3 Å². The lowest BCUT2D eigenvalue weighted by Crippen LogP contribution is -2.46. The maximum atomic E-state index is 9.68. The summed E-state index contributed by atoms with van der Waals surface area (Å²) in [6, 6.07) is 0. The maximum Gasteiger partial charge on any atom is 0.111 e. The summed E-state index contributed by atoms with van der Waals surface area (Å²) in [7, 11) is 4.43. The minimum Gasteiger partial charge on any atom is -0.388 e. The Labute approximate surface area is 84.6 Å². The van der Waals surface area contributed by atoms with Crippen molar-refractivity contribution in [2.75, 3.05) is 27.9 Å². The number of hydrogen-bond acceptors (Lipinski definition) is 5. The van der Waals surface area contributed by atoms with Gasteiger partial charge in [-0.05, 0) is 6.92 Å². The molecule has 86 valence electrons. The molecule has 0 spiro atoms. The average Bonchev–Trinajstić information content (AvgIpc) is 2.22. The van der Waals surface area contributed by atoms with E-state index in [1.165, 1.54) is 21.3 Å². The number of aliphatic hydroxyl groups is 2. The largest absolute Gasteiger partial charge is 0.388 e. The molecule has 2 N–H and O–H groups in total. The Morgan fingerprint density at radius 1 is 1.00 bits per heavy atom. The third-order valence-corrected chi connectivity index (χ3v) is 2.22. The lowest BCUT2D eigenvalue weighted by molar-refractivity contribution is -0.131. The Kier molecular flexibility index (Phi) is 7.04. The highest BCUT2D eigenvalue weighted by molar-refractivity contribution is 4.80. The highest BCUT2D eigenvalue weighted by atomic mass is 16.5. The molecule has 0 aromatic heterocycles. The van der Waals surface area contributed by atoms with Crippen LogP contribution in [0.5, 0.6) is 0 Å². The van der Waals surface area contributed by atoms with Gasteiger partial charge in [0, 0.05) is 21.3 Å². The molecule has 0 aromatic rings. The van der Waals surface area contributed by atoms with Gasteiger partial charge in [0.05, 0.1) is 12.7 Å². The molecule has 0 aliphatic rings. The van der Waals surface area contributed by atoms with Crippen molar-refractivity contribution in [3.63, 3.8) is 0 Å². The summed E-state index contributed by atoms with van der Waals surface area (Å²) in [4.78, 5) is 0. The van der Waals surface area contributed by atoms with Gasteiger partial charge in [0.15, 0.2) is 0 Å². The van der Waals surface area contributed by atoms with Crippen molar-refractivity contribution in [1.82, 2.24) is 0 Å². The van der Waals surface area contributed by atoms with Crippen LogP contribution < -0.4 is 0 Å². The molecule has 0 radical (unpaired) electrons. The SMILES string of the molecule is COCC(OC)C(O)C(O)C(C)OC. The first kappa shape index (κ1) is 13.8. The fourth-order valence-corrected chi connectivity index (χ4v) is 1.11. The van der Waals surface area contributed by atoms with E-state index < -0.39 is 24.4 Å². The molecule has 0 bridgehead atoms. The highest BCUT2D eigenvalue weighted by Crippen LogP contribution is 2.09. The van der Waals surface area contributed by atoms with E-state index in [4.69, 9.17) is 14.2 Å². The van der Waals surface area contributed by atoms with E-state index in [0.29, 0.717) is 0 Å². The second kappa shape index (κ2) is 7.14. The third kappa shape index (κ3) is 3.89. The van der Waals surface area contributed by atoms with Gasteiger partial charge in [0.2, 0.25) is 0 Å². The highest BCUT2D eigenvalue weighted by Gasteiger charge is 2.30. The Morgan fingerprint density at radius 3 is 1.93 bits per heavy atom. The Morgan fingerprint density at radius 2 is 1.57 bits per heavy atom. The standard InChI is InChI=1S/C9H20O5/c1-6(13-3)8(10)9(11)7(14-4)5-12-2/h6-11H,5H2,1-4H3. The van der Waals surface area contributed by atoms with Gasteiger partial charge >= 0.3 is 0 Å². The topological polar surface area (TPSA) is 68.2 Å². The third-order valence-electron chi connectivity index (χ3n) is 2.22. The zero-order valence-electron chi connectivity index (χ0n) is 9.14. The molecule has 0 saturated carbocycles. The minimum absolute atomic E-state index is 0.227. The Bertz CT molecular complexity index is 139. The van der Waals surface area contributed by atoms with Crippen molar-refractivity contribution >= 4 is 0 Å². The molecule has 0 heterocycles. The molecule has 0 aromatic carbocycles. The summed E-state index contributed by atoms with van der Waals surface area (Å²) in [5, 5.41) is 19.3. The van der Waals surface area contributed by atoms with Gasteiger partial charge in [-0.1, -0.05) is 0 Å². The van der Waals surface area contributed by atoms with E-state index in [2.05, 4.69) is 0 Å². The number of aliphatic hydroxyl groups excluding tert-OH is 2. The van der Waals surface area contributed by atoms with Crippen molar-refractivity contribution in [3.8, 4) is 0 Å². The average molecular weight is 208 g/mol. The first-order valence-electron chi connectivity index (χ1n) is 4.49. The first-order chi connectivity index (χ1) is 6.58. The maximum absolute atomic E-state index is 9.68. The quantitative estimate of drug-likeness (QED) is 0.585. The normalized spacial score (nSPS) is 20.1. The van der Waals surface area contributed by atoms with E-state index in [9.17, 15) is 10.2 Å². The fourth-order valence-electron chi connectivity index (χ4n) is 1.11. The Hall–Kier alpha value is -0.200. The van der Waals surface area contributed by atoms with Crippen LogP contribution in [0.25, 0.3) is 0 Å². The fraction of sp³-hybridized carbons (Fsp3) is 1.00. The van der Waals surface area contributed by atoms with Crippen LogP contribution in [-0.2, 0) is 14.2 Å². The lowest BCUT2D eigenvalue weighted by atomic mass is 10.0. The molecule has 14 heavy (non-hydrogen) atoms. The predicted molar refractivity (Wildman–Crippen MR) is 51.2 cm³/mol. The molecule has 4 unspecified atom stereocenters. The number of ether oxygens (including phenoxy) is 3. The number of hydrogen-bond donors (Lipinski definition) is 2. The minimum atomic E-state index is -1.02. The van der Waals surface area contributed by atoms with Crippen molar-refractivity contribution in [3.05, 3.63) is 0 Å². The zero-order chi connectivity index (χ0) is 11.1. The summed E-state index contributed by atoms with van der Waals surface area (Å²) in [5.74, 6) is 0. The van der Waals surface area contributed by atoms with Crippen molar-refractivity contribution < 1.29 is 24.4 Å². The van der Waals surface area contributed by atoms with Gasteiger partial charge in [-0.2, -0.15) is 0 Å². The van der Waals surface area contributed by atoms with E-state index in [-0.39, 0.29) is 6.61 Å². The van der Waals surface area contributed by atoms with Gasteiger partial charge in [0.25, 0.3) is 0 Å². The van der Waals surface area contributed by atoms with Crippen molar-refractivity contribution in [1.29, 1.82) is 0 Å². The lowest BCUT2D eigenvalue weighted by Gasteiger charge is -2.28. The molecule has 0 aliphatic heterocycles. The summed E-state index contributed by atoms with van der Waals surface area (Å²) >= 11 is 0. The van der Waals surface area contributed by atoms with Crippen molar-refractivity contribution in [2.45, 2.75) is 31.3 Å². The van der Waals surface area contributed by atoms with Crippen molar-refractivity contribution in [2.24, 2.45) is 0 Å². The first-order valence-corrected chi connectivity index (χ1v) is 4.49. The second-order valence-corrected chi connectivity index (χ2v) is 3.15. The van der Waals surface area contributed by atoms with Gasteiger partial charge in [-0.3, -0.25) is 0 Å². The van der Waals surface area contributed by atoms with Gasteiger partial charge in [-0.15, -0.1) is 0 Å². The van der Waals surface area contributed by atoms with E-state index in [0.717, 1.165) is 0 Å². The summed E-state index contributed by atoms with van der Waals surface area (Å²) in [5.41, 5.74) is 0. The summed E-state index contributed by atoms with van der Waals surface area (Å²) in [6.45, 7) is 1.90. The van der Waals surface area contributed by atoms with E-state index in [1.807, 2.05) is 0 Å².